The van der Waals surface area contributed by atoms with Gasteiger partial charge in [-0.3, -0.25) is 0 Å². The summed E-state index contributed by atoms with van der Waals surface area (Å²) in [6.45, 7) is -1.77. The van der Waals surface area contributed by atoms with Crippen molar-refractivity contribution in [2.75, 3.05) is 13.7 Å². The first-order chi connectivity index (χ1) is 18.5. The highest BCUT2D eigenvalue weighted by atomic mass is 16.7. The molecule has 0 unspecified atom stereocenters. The Balaban J connectivity index is 1.73. The largest absolute Gasteiger partial charge is 0.450 e. The summed E-state index contributed by atoms with van der Waals surface area (Å²) < 4.78 is 72.6. The number of carbonyl (C=O) groups is 1. The highest BCUT2D eigenvalue weighted by Crippen LogP contribution is 2.29. The van der Waals surface area contributed by atoms with Gasteiger partial charge in [-0.1, -0.05) is 78.4 Å². The standard InChI is InChI=1S/C28H30O6/c1-20-13-15-23(16-14-20)27(29)34-26-25(32-18-22-11-7-4-8-12-22)24(33-28(26)30-2)19-31-17-21-9-5-3-6-10-21/h3-16,24-26,28H,17-19H2,1-2H3/t24-,25-,26-,28+/m1/s1/i19D2,24D,25D,26D. The molecule has 0 spiro atoms. The molecule has 3 aromatic rings. The molecule has 3 aromatic carbocycles. The normalized spacial score (nSPS) is 31.0. The fourth-order valence-electron chi connectivity index (χ4n) is 3.23. The fraction of sp³-hybridized carbons (Fsp3) is 0.321. The monoisotopic (exact) mass is 467 g/mol. The Hall–Kier alpha value is -3.03. The molecular formula is C28H30O6. The van der Waals surface area contributed by atoms with Crippen molar-refractivity contribution < 1.29 is 35.3 Å². The van der Waals surface area contributed by atoms with Gasteiger partial charge in [0, 0.05) is 7.11 Å². The SMILES string of the molecule is [2H]C([2H])(OCc1ccccc1)[C@@]1([2H])O[C@H](OC)[C@]([2H])(OC(=O)c2ccc(C)cc2)[C@]1([2H])OCc1ccccc1. The van der Waals surface area contributed by atoms with E-state index in [-0.39, 0.29) is 18.8 Å². The minimum Gasteiger partial charge on any atom is -0.450 e. The molecule has 4 atom stereocenters. The number of methoxy groups -OCH3 is 1. The molecule has 0 N–H and O–H groups in total. The van der Waals surface area contributed by atoms with E-state index in [1.165, 1.54) is 12.1 Å². The Bertz CT molecular complexity index is 1260. The van der Waals surface area contributed by atoms with E-state index in [9.17, 15) is 6.17 Å². The zero-order valence-corrected chi connectivity index (χ0v) is 19.0. The van der Waals surface area contributed by atoms with Gasteiger partial charge in [0.1, 0.15) is 12.2 Å². The van der Waals surface area contributed by atoms with Crippen molar-refractivity contribution in [3.05, 3.63) is 107 Å². The smallest absolute Gasteiger partial charge is 0.338 e. The van der Waals surface area contributed by atoms with Gasteiger partial charge < -0.3 is 23.7 Å². The number of esters is 1. The van der Waals surface area contributed by atoms with E-state index in [1.807, 2.05) is 6.92 Å². The first kappa shape index (κ1) is 18.3. The third-order valence-corrected chi connectivity index (χ3v) is 5.05. The van der Waals surface area contributed by atoms with Crippen LogP contribution in [0, 0.1) is 6.92 Å². The summed E-state index contributed by atoms with van der Waals surface area (Å²) in [6.07, 6.45) is -10.7. The number of rotatable bonds is 10. The molecule has 1 heterocycles. The molecule has 1 aliphatic heterocycles. The number of hydrogen-bond donors (Lipinski definition) is 0. The predicted octanol–water partition coefficient (Wildman–Crippen LogP) is 4.69. The lowest BCUT2D eigenvalue weighted by molar-refractivity contribution is -0.158. The van der Waals surface area contributed by atoms with Crippen LogP contribution in [0.4, 0.5) is 0 Å². The molecular weight excluding hydrogens is 432 g/mol. The van der Waals surface area contributed by atoms with Gasteiger partial charge in [-0.15, -0.1) is 0 Å². The third-order valence-electron chi connectivity index (χ3n) is 5.05. The van der Waals surface area contributed by atoms with Gasteiger partial charge in [0.2, 0.25) is 0 Å². The molecule has 0 amide bonds. The van der Waals surface area contributed by atoms with E-state index < -0.39 is 37.1 Å². The molecule has 178 valence electrons. The number of benzene rings is 3. The highest BCUT2D eigenvalue weighted by Gasteiger charge is 2.48. The molecule has 0 radical (unpaired) electrons. The minimum atomic E-state index is -3.04. The Morgan fingerprint density at radius 3 is 2.15 bits per heavy atom. The predicted molar refractivity (Wildman–Crippen MR) is 127 cm³/mol. The summed E-state index contributed by atoms with van der Waals surface area (Å²) in [5.41, 5.74) is 2.15. The average Bonchev–Trinajstić information content (AvgIpc) is 3.11. The van der Waals surface area contributed by atoms with Crippen molar-refractivity contribution in [2.24, 2.45) is 0 Å². The van der Waals surface area contributed by atoms with Crippen molar-refractivity contribution in [1.29, 1.82) is 0 Å². The van der Waals surface area contributed by atoms with Gasteiger partial charge in [0.05, 0.1) is 32.2 Å². The lowest BCUT2D eigenvalue weighted by Gasteiger charge is -2.24. The van der Waals surface area contributed by atoms with Crippen molar-refractivity contribution >= 4 is 5.97 Å². The van der Waals surface area contributed by atoms with Gasteiger partial charge in [0.25, 0.3) is 0 Å². The van der Waals surface area contributed by atoms with Gasteiger partial charge >= 0.3 is 5.97 Å². The topological polar surface area (TPSA) is 63.2 Å². The minimum absolute atomic E-state index is 0.0818. The van der Waals surface area contributed by atoms with Crippen LogP contribution in [0.25, 0.3) is 0 Å². The van der Waals surface area contributed by atoms with Gasteiger partial charge in [-0.25, -0.2) is 4.79 Å². The maximum absolute atomic E-state index is 13.1. The lowest BCUT2D eigenvalue weighted by Crippen LogP contribution is -2.40. The second-order valence-electron chi connectivity index (χ2n) is 7.61. The average molecular weight is 468 g/mol. The number of carbonyl (C=O) groups excluding carboxylic acids is 1. The second-order valence-corrected chi connectivity index (χ2v) is 7.61. The van der Waals surface area contributed by atoms with E-state index in [4.69, 9.17) is 29.2 Å². The van der Waals surface area contributed by atoms with Crippen LogP contribution >= 0.6 is 0 Å². The molecule has 1 saturated heterocycles. The van der Waals surface area contributed by atoms with Crippen LogP contribution in [0.3, 0.4) is 0 Å². The van der Waals surface area contributed by atoms with E-state index in [0.717, 1.165) is 12.7 Å². The summed E-state index contributed by atoms with van der Waals surface area (Å²) >= 11 is 0. The second kappa shape index (κ2) is 11.9. The summed E-state index contributed by atoms with van der Waals surface area (Å²) in [5, 5.41) is 0. The molecule has 0 aliphatic carbocycles. The van der Waals surface area contributed by atoms with Crippen LogP contribution in [-0.4, -0.2) is 44.2 Å². The van der Waals surface area contributed by atoms with Crippen LogP contribution in [-0.2, 0) is 36.9 Å². The molecule has 1 fully saturated rings. The van der Waals surface area contributed by atoms with E-state index in [1.54, 1.807) is 72.8 Å². The molecule has 6 heteroatoms. The maximum atomic E-state index is 13.1. The maximum Gasteiger partial charge on any atom is 0.338 e. The van der Waals surface area contributed by atoms with Crippen molar-refractivity contribution in [1.82, 2.24) is 0 Å². The van der Waals surface area contributed by atoms with Crippen LogP contribution < -0.4 is 0 Å². The van der Waals surface area contributed by atoms with Crippen LogP contribution in [0.15, 0.2) is 84.9 Å². The first-order valence-corrected chi connectivity index (χ1v) is 10.8. The van der Waals surface area contributed by atoms with Gasteiger partial charge in [-0.05, 0) is 30.2 Å². The molecule has 4 rings (SSSR count). The van der Waals surface area contributed by atoms with Crippen molar-refractivity contribution in [3.8, 4) is 0 Å². The van der Waals surface area contributed by atoms with Crippen molar-refractivity contribution in [3.63, 3.8) is 0 Å². The lowest BCUT2D eigenvalue weighted by atomic mass is 10.1. The fourth-order valence-corrected chi connectivity index (χ4v) is 3.23. The number of hydrogen-bond acceptors (Lipinski definition) is 6. The quantitative estimate of drug-likeness (QED) is 0.403. The zero-order chi connectivity index (χ0) is 28.3. The van der Waals surface area contributed by atoms with Crippen LogP contribution in [0.2, 0.25) is 0 Å². The van der Waals surface area contributed by atoms with E-state index in [2.05, 4.69) is 0 Å². The van der Waals surface area contributed by atoms with Gasteiger partial charge in [0.15, 0.2) is 12.4 Å². The Kier molecular flexibility index (Phi) is 6.41. The Morgan fingerprint density at radius 1 is 0.912 bits per heavy atom. The Labute approximate surface area is 207 Å². The van der Waals surface area contributed by atoms with Gasteiger partial charge in [-0.2, -0.15) is 0 Å². The first-order valence-electron chi connectivity index (χ1n) is 13.3. The third kappa shape index (κ3) is 6.30. The summed E-state index contributed by atoms with van der Waals surface area (Å²) in [6, 6.07) is 23.7. The van der Waals surface area contributed by atoms with Crippen molar-refractivity contribution in [2.45, 2.75) is 44.7 Å². The van der Waals surface area contributed by atoms with E-state index in [0.29, 0.717) is 11.1 Å². The summed E-state index contributed by atoms with van der Waals surface area (Å²) in [5.74, 6) is -0.995. The Morgan fingerprint density at radius 2 is 1.53 bits per heavy atom. The molecule has 0 aromatic heterocycles. The molecule has 6 nitrogen and oxygen atoms in total. The number of aryl methyl sites for hydroxylation is 1. The summed E-state index contributed by atoms with van der Waals surface area (Å²) in [7, 11) is 1.14. The summed E-state index contributed by atoms with van der Waals surface area (Å²) in [4.78, 5) is 13.1. The molecule has 0 bridgehead atoms. The molecule has 34 heavy (non-hydrogen) atoms. The zero-order valence-electron chi connectivity index (χ0n) is 24.0. The van der Waals surface area contributed by atoms with Crippen LogP contribution in [0.5, 0.6) is 0 Å². The highest BCUT2D eigenvalue weighted by molar-refractivity contribution is 5.89. The number of ether oxygens (including phenoxy) is 5. The molecule has 1 aliphatic rings. The van der Waals surface area contributed by atoms with Crippen LogP contribution in [0.1, 0.15) is 33.9 Å². The van der Waals surface area contributed by atoms with E-state index >= 15 is 0 Å². The molecule has 0 saturated carbocycles.